The quantitative estimate of drug-likeness (QED) is 0.890. The SMILES string of the molecule is CC(=O)NCCc1nc(-c2ccc(C)cc2)no1. The Bertz CT molecular complexity index is 531. The first-order valence-electron chi connectivity index (χ1n) is 5.79. The highest BCUT2D eigenvalue weighted by Gasteiger charge is 2.08. The molecule has 18 heavy (non-hydrogen) atoms. The van der Waals surface area contributed by atoms with E-state index in [2.05, 4.69) is 15.5 Å². The molecule has 0 aliphatic rings. The highest BCUT2D eigenvalue weighted by molar-refractivity contribution is 5.72. The first kappa shape index (κ1) is 12.3. The number of nitrogens with one attached hydrogen (secondary N) is 1. The van der Waals surface area contributed by atoms with E-state index in [0.717, 1.165) is 5.56 Å². The molecule has 1 heterocycles. The van der Waals surface area contributed by atoms with Gasteiger partial charge in [0, 0.05) is 25.5 Å². The Morgan fingerprint density at radius 3 is 2.72 bits per heavy atom. The van der Waals surface area contributed by atoms with Crippen LogP contribution in [-0.2, 0) is 11.2 Å². The largest absolute Gasteiger partial charge is 0.356 e. The van der Waals surface area contributed by atoms with Crippen molar-refractivity contribution in [3.05, 3.63) is 35.7 Å². The lowest BCUT2D eigenvalue weighted by Gasteiger charge is -1.96. The Hall–Kier alpha value is -2.17. The van der Waals surface area contributed by atoms with Crippen LogP contribution in [0.4, 0.5) is 0 Å². The van der Waals surface area contributed by atoms with Crippen LogP contribution in [0.5, 0.6) is 0 Å². The maximum absolute atomic E-state index is 10.7. The molecule has 2 aromatic rings. The molecular weight excluding hydrogens is 230 g/mol. The zero-order valence-corrected chi connectivity index (χ0v) is 10.4. The lowest BCUT2D eigenvalue weighted by molar-refractivity contribution is -0.118. The van der Waals surface area contributed by atoms with Gasteiger partial charge in [-0.15, -0.1) is 0 Å². The zero-order valence-electron chi connectivity index (χ0n) is 10.4. The Morgan fingerprint density at radius 1 is 1.33 bits per heavy atom. The van der Waals surface area contributed by atoms with Gasteiger partial charge in [-0.05, 0) is 6.92 Å². The highest BCUT2D eigenvalue weighted by Crippen LogP contribution is 2.16. The molecule has 0 fully saturated rings. The fourth-order valence-electron chi connectivity index (χ4n) is 1.52. The number of aromatic nitrogens is 2. The van der Waals surface area contributed by atoms with Gasteiger partial charge in [0.05, 0.1) is 0 Å². The Balaban J connectivity index is 2.01. The van der Waals surface area contributed by atoms with Crippen molar-refractivity contribution in [2.24, 2.45) is 0 Å². The van der Waals surface area contributed by atoms with Gasteiger partial charge in [0.15, 0.2) is 0 Å². The molecule has 5 nitrogen and oxygen atoms in total. The summed E-state index contributed by atoms with van der Waals surface area (Å²) in [6.45, 7) is 4.01. The summed E-state index contributed by atoms with van der Waals surface area (Å²) in [7, 11) is 0. The van der Waals surface area contributed by atoms with Crippen molar-refractivity contribution < 1.29 is 9.32 Å². The van der Waals surface area contributed by atoms with Crippen LogP contribution in [0.25, 0.3) is 11.4 Å². The molecule has 5 heteroatoms. The van der Waals surface area contributed by atoms with E-state index in [1.54, 1.807) is 0 Å². The second-order valence-electron chi connectivity index (χ2n) is 4.11. The normalized spacial score (nSPS) is 10.3. The van der Waals surface area contributed by atoms with Gasteiger partial charge in [-0.1, -0.05) is 35.0 Å². The van der Waals surface area contributed by atoms with Crippen molar-refractivity contribution >= 4 is 5.91 Å². The van der Waals surface area contributed by atoms with E-state index < -0.39 is 0 Å². The van der Waals surface area contributed by atoms with Crippen molar-refractivity contribution in [2.45, 2.75) is 20.3 Å². The van der Waals surface area contributed by atoms with E-state index in [4.69, 9.17) is 4.52 Å². The summed E-state index contributed by atoms with van der Waals surface area (Å²) in [4.78, 5) is 15.0. The maximum Gasteiger partial charge on any atom is 0.228 e. The molecule has 0 saturated heterocycles. The van der Waals surface area contributed by atoms with Crippen LogP contribution in [0.1, 0.15) is 18.4 Å². The standard InChI is InChI=1S/C13H15N3O2/c1-9-3-5-11(6-4-9)13-15-12(18-16-13)7-8-14-10(2)17/h3-6H,7-8H2,1-2H3,(H,14,17). The van der Waals surface area contributed by atoms with Crippen LogP contribution in [0.15, 0.2) is 28.8 Å². The summed E-state index contributed by atoms with van der Waals surface area (Å²) in [6, 6.07) is 7.92. The van der Waals surface area contributed by atoms with E-state index in [-0.39, 0.29) is 5.91 Å². The van der Waals surface area contributed by atoms with Crippen molar-refractivity contribution in [2.75, 3.05) is 6.54 Å². The van der Waals surface area contributed by atoms with Crippen LogP contribution in [0.3, 0.4) is 0 Å². The molecule has 0 aliphatic heterocycles. The number of hydrogen-bond acceptors (Lipinski definition) is 4. The molecule has 1 aromatic heterocycles. The average molecular weight is 245 g/mol. The summed E-state index contributed by atoms with van der Waals surface area (Å²) in [6.07, 6.45) is 0.540. The molecule has 1 N–H and O–H groups in total. The van der Waals surface area contributed by atoms with Crippen LogP contribution in [-0.4, -0.2) is 22.6 Å². The van der Waals surface area contributed by atoms with Crippen LogP contribution < -0.4 is 5.32 Å². The second kappa shape index (κ2) is 5.44. The number of nitrogens with zero attached hydrogens (tertiary/aromatic N) is 2. The zero-order chi connectivity index (χ0) is 13.0. The van der Waals surface area contributed by atoms with E-state index >= 15 is 0 Å². The van der Waals surface area contributed by atoms with Crippen molar-refractivity contribution in [3.63, 3.8) is 0 Å². The third kappa shape index (κ3) is 3.16. The Morgan fingerprint density at radius 2 is 2.06 bits per heavy atom. The first-order valence-corrected chi connectivity index (χ1v) is 5.79. The summed E-state index contributed by atoms with van der Waals surface area (Å²) in [5.41, 5.74) is 2.11. The lowest BCUT2D eigenvalue weighted by Crippen LogP contribution is -2.22. The number of rotatable bonds is 4. The molecule has 0 saturated carbocycles. The third-order valence-electron chi connectivity index (χ3n) is 2.49. The third-order valence-corrected chi connectivity index (χ3v) is 2.49. The van der Waals surface area contributed by atoms with Gasteiger partial charge < -0.3 is 9.84 Å². The van der Waals surface area contributed by atoms with Gasteiger partial charge in [0.1, 0.15) is 0 Å². The number of benzene rings is 1. The smallest absolute Gasteiger partial charge is 0.228 e. The van der Waals surface area contributed by atoms with E-state index in [1.807, 2.05) is 31.2 Å². The summed E-state index contributed by atoms with van der Waals surface area (Å²) in [5.74, 6) is 1.04. The molecule has 0 radical (unpaired) electrons. The molecule has 1 amide bonds. The minimum Gasteiger partial charge on any atom is -0.356 e. The molecule has 0 bridgehead atoms. The molecule has 0 atom stereocenters. The number of carbonyl (C=O) groups excluding carboxylic acids is 1. The molecule has 2 rings (SSSR count). The van der Waals surface area contributed by atoms with E-state index in [0.29, 0.717) is 24.7 Å². The molecule has 1 aromatic carbocycles. The van der Waals surface area contributed by atoms with Crippen molar-refractivity contribution in [1.82, 2.24) is 15.5 Å². The van der Waals surface area contributed by atoms with Gasteiger partial charge in [0.25, 0.3) is 0 Å². The van der Waals surface area contributed by atoms with Gasteiger partial charge in [0.2, 0.25) is 17.6 Å². The highest BCUT2D eigenvalue weighted by atomic mass is 16.5. The summed E-state index contributed by atoms with van der Waals surface area (Å²) in [5, 5.41) is 6.60. The Labute approximate surface area is 105 Å². The lowest BCUT2D eigenvalue weighted by atomic mass is 10.1. The number of carbonyl (C=O) groups is 1. The number of amides is 1. The van der Waals surface area contributed by atoms with Crippen LogP contribution in [0, 0.1) is 6.92 Å². The predicted molar refractivity (Wildman–Crippen MR) is 66.9 cm³/mol. The first-order chi connectivity index (χ1) is 8.65. The minimum atomic E-state index is -0.0618. The molecule has 0 spiro atoms. The van der Waals surface area contributed by atoms with Crippen molar-refractivity contribution in [1.29, 1.82) is 0 Å². The van der Waals surface area contributed by atoms with Crippen molar-refractivity contribution in [3.8, 4) is 11.4 Å². The molecule has 0 aliphatic carbocycles. The predicted octanol–water partition coefficient (Wildman–Crippen LogP) is 1.72. The fourth-order valence-corrected chi connectivity index (χ4v) is 1.52. The maximum atomic E-state index is 10.7. The number of hydrogen-bond donors (Lipinski definition) is 1. The van der Waals surface area contributed by atoms with Gasteiger partial charge in [-0.2, -0.15) is 4.98 Å². The fraction of sp³-hybridized carbons (Fsp3) is 0.308. The van der Waals surface area contributed by atoms with Gasteiger partial charge in [-0.3, -0.25) is 4.79 Å². The summed E-state index contributed by atoms with van der Waals surface area (Å²) < 4.78 is 5.12. The molecule has 0 unspecified atom stereocenters. The number of aryl methyl sites for hydroxylation is 1. The van der Waals surface area contributed by atoms with Gasteiger partial charge >= 0.3 is 0 Å². The van der Waals surface area contributed by atoms with Crippen LogP contribution in [0.2, 0.25) is 0 Å². The second-order valence-corrected chi connectivity index (χ2v) is 4.11. The molecular formula is C13H15N3O2. The average Bonchev–Trinajstić information content (AvgIpc) is 2.78. The van der Waals surface area contributed by atoms with E-state index in [1.165, 1.54) is 12.5 Å². The monoisotopic (exact) mass is 245 g/mol. The van der Waals surface area contributed by atoms with Gasteiger partial charge in [-0.25, -0.2) is 0 Å². The Kier molecular flexibility index (Phi) is 3.72. The van der Waals surface area contributed by atoms with E-state index in [9.17, 15) is 4.79 Å². The topological polar surface area (TPSA) is 68.0 Å². The molecule has 94 valence electrons. The summed E-state index contributed by atoms with van der Waals surface area (Å²) >= 11 is 0. The minimum absolute atomic E-state index is 0.0618. The van der Waals surface area contributed by atoms with Crippen LogP contribution >= 0.6 is 0 Å².